The van der Waals surface area contributed by atoms with Crippen LogP contribution in [0.1, 0.15) is 13.3 Å². The van der Waals surface area contributed by atoms with Gasteiger partial charge in [0.25, 0.3) is 0 Å². The molecule has 2 rings (SSSR count). The Hall–Kier alpha value is -2.11. The van der Waals surface area contributed by atoms with Crippen molar-refractivity contribution >= 4 is 17.6 Å². The molecule has 1 aromatic rings. The molecule has 102 valence electrons. The average molecular weight is 265 g/mol. The van der Waals surface area contributed by atoms with Gasteiger partial charge in [-0.15, -0.1) is 0 Å². The average Bonchev–Trinajstić information content (AvgIpc) is 2.73. The van der Waals surface area contributed by atoms with Crippen molar-refractivity contribution in [2.45, 2.75) is 19.4 Å². The maximum atomic E-state index is 12.8. The van der Waals surface area contributed by atoms with Crippen molar-refractivity contribution in [2.24, 2.45) is 0 Å². The molecule has 19 heavy (non-hydrogen) atoms. The number of rotatable bonds is 3. The predicted molar refractivity (Wildman–Crippen MR) is 69.4 cm³/mol. The minimum Gasteiger partial charge on any atom is -0.338 e. The van der Waals surface area contributed by atoms with Gasteiger partial charge in [0.1, 0.15) is 11.9 Å². The first-order chi connectivity index (χ1) is 9.11. The van der Waals surface area contributed by atoms with E-state index in [1.807, 2.05) is 0 Å². The molecule has 5 nitrogen and oxygen atoms in total. The molecule has 0 spiro atoms. The largest absolute Gasteiger partial charge is 0.338 e. The number of amides is 3. The van der Waals surface area contributed by atoms with Gasteiger partial charge in [-0.25, -0.2) is 9.18 Å². The highest BCUT2D eigenvalue weighted by atomic mass is 19.1. The summed E-state index contributed by atoms with van der Waals surface area (Å²) in [6.45, 7) is 2.83. The van der Waals surface area contributed by atoms with E-state index in [1.54, 1.807) is 24.0 Å². The maximum Gasteiger partial charge on any atom is 0.315 e. The molecule has 6 heteroatoms. The number of nitrogens with one attached hydrogen (secondary N) is 2. The molecule has 2 N–H and O–H groups in total. The van der Waals surface area contributed by atoms with Crippen LogP contribution in [-0.4, -0.2) is 31.1 Å². The van der Waals surface area contributed by atoms with Crippen molar-refractivity contribution in [1.29, 1.82) is 0 Å². The summed E-state index contributed by atoms with van der Waals surface area (Å²) in [5.41, 5.74) is 0.645. The van der Waals surface area contributed by atoms with Crippen molar-refractivity contribution in [2.75, 3.05) is 18.0 Å². The van der Waals surface area contributed by atoms with E-state index < -0.39 is 6.04 Å². The van der Waals surface area contributed by atoms with Crippen molar-refractivity contribution < 1.29 is 14.0 Å². The predicted octanol–water partition coefficient (Wildman–Crippen LogP) is 1.25. The van der Waals surface area contributed by atoms with Gasteiger partial charge in [-0.1, -0.05) is 0 Å². The molecule has 1 aliphatic heterocycles. The zero-order valence-electron chi connectivity index (χ0n) is 10.6. The number of benzene rings is 1. The third-order valence-electron chi connectivity index (χ3n) is 2.99. The van der Waals surface area contributed by atoms with Crippen LogP contribution in [0, 0.1) is 5.82 Å². The summed E-state index contributed by atoms with van der Waals surface area (Å²) >= 11 is 0. The van der Waals surface area contributed by atoms with Gasteiger partial charge in [0.15, 0.2) is 0 Å². The van der Waals surface area contributed by atoms with Crippen LogP contribution < -0.4 is 15.5 Å². The van der Waals surface area contributed by atoms with E-state index in [2.05, 4.69) is 10.6 Å². The monoisotopic (exact) mass is 265 g/mol. The second-order valence-corrected chi connectivity index (χ2v) is 4.31. The minimum absolute atomic E-state index is 0.169. The molecule has 1 saturated heterocycles. The Morgan fingerprint density at radius 2 is 2.11 bits per heavy atom. The van der Waals surface area contributed by atoms with E-state index >= 15 is 0 Å². The third-order valence-corrected chi connectivity index (χ3v) is 2.99. The molecule has 0 aliphatic carbocycles. The van der Waals surface area contributed by atoms with E-state index in [1.165, 1.54) is 12.1 Å². The van der Waals surface area contributed by atoms with Crippen LogP contribution in [-0.2, 0) is 4.79 Å². The normalized spacial score (nSPS) is 18.5. The lowest BCUT2D eigenvalue weighted by Crippen LogP contribution is -2.46. The Balaban J connectivity index is 2.01. The SMILES string of the molecule is CCNC(=O)N[C@H]1CCN(c2ccc(F)cc2)C1=O. The highest BCUT2D eigenvalue weighted by molar-refractivity contribution is 6.01. The Kier molecular flexibility index (Phi) is 3.99. The van der Waals surface area contributed by atoms with Crippen LogP contribution in [0.5, 0.6) is 0 Å². The number of urea groups is 1. The summed E-state index contributed by atoms with van der Waals surface area (Å²) in [7, 11) is 0. The second kappa shape index (κ2) is 5.69. The lowest BCUT2D eigenvalue weighted by Gasteiger charge is -2.17. The smallest absolute Gasteiger partial charge is 0.315 e. The van der Waals surface area contributed by atoms with Gasteiger partial charge in [0, 0.05) is 18.8 Å². The molecule has 3 amide bonds. The van der Waals surface area contributed by atoms with E-state index in [0.717, 1.165) is 0 Å². The van der Waals surface area contributed by atoms with E-state index in [-0.39, 0.29) is 17.8 Å². The number of hydrogen-bond donors (Lipinski definition) is 2. The van der Waals surface area contributed by atoms with E-state index in [0.29, 0.717) is 25.2 Å². The van der Waals surface area contributed by atoms with Crippen molar-refractivity contribution in [3.8, 4) is 0 Å². The van der Waals surface area contributed by atoms with Crippen LogP contribution in [0.4, 0.5) is 14.9 Å². The van der Waals surface area contributed by atoms with Gasteiger partial charge in [-0.2, -0.15) is 0 Å². The molecular weight excluding hydrogens is 249 g/mol. The summed E-state index contributed by atoms with van der Waals surface area (Å²) in [4.78, 5) is 25.1. The highest BCUT2D eigenvalue weighted by Crippen LogP contribution is 2.21. The Morgan fingerprint density at radius 1 is 1.42 bits per heavy atom. The first-order valence-electron chi connectivity index (χ1n) is 6.23. The first-order valence-corrected chi connectivity index (χ1v) is 6.23. The van der Waals surface area contributed by atoms with Gasteiger partial charge in [-0.05, 0) is 37.6 Å². The lowest BCUT2D eigenvalue weighted by molar-refractivity contribution is -0.118. The summed E-state index contributed by atoms with van der Waals surface area (Å²) in [5.74, 6) is -0.509. The molecule has 0 saturated carbocycles. The number of anilines is 1. The van der Waals surface area contributed by atoms with Gasteiger partial charge >= 0.3 is 6.03 Å². The van der Waals surface area contributed by atoms with Crippen LogP contribution >= 0.6 is 0 Å². The number of hydrogen-bond acceptors (Lipinski definition) is 2. The summed E-state index contributed by atoms with van der Waals surface area (Å²) < 4.78 is 12.8. The molecule has 1 heterocycles. The summed E-state index contributed by atoms with van der Waals surface area (Å²) in [6.07, 6.45) is 0.549. The summed E-state index contributed by atoms with van der Waals surface area (Å²) in [6, 6.07) is 4.88. The highest BCUT2D eigenvalue weighted by Gasteiger charge is 2.33. The fourth-order valence-corrected chi connectivity index (χ4v) is 2.06. The Morgan fingerprint density at radius 3 is 2.74 bits per heavy atom. The van der Waals surface area contributed by atoms with E-state index in [4.69, 9.17) is 0 Å². The number of halogens is 1. The minimum atomic E-state index is -0.517. The van der Waals surface area contributed by atoms with Crippen molar-refractivity contribution in [3.05, 3.63) is 30.1 Å². The van der Waals surface area contributed by atoms with Crippen LogP contribution in [0.15, 0.2) is 24.3 Å². The molecule has 1 fully saturated rings. The molecule has 1 atom stereocenters. The van der Waals surface area contributed by atoms with Gasteiger partial charge in [0.2, 0.25) is 5.91 Å². The van der Waals surface area contributed by atoms with Crippen LogP contribution in [0.3, 0.4) is 0 Å². The maximum absolute atomic E-state index is 12.8. The van der Waals surface area contributed by atoms with Crippen molar-refractivity contribution in [1.82, 2.24) is 10.6 Å². The quantitative estimate of drug-likeness (QED) is 0.864. The fraction of sp³-hybridized carbons (Fsp3) is 0.385. The lowest BCUT2D eigenvalue weighted by atomic mass is 10.2. The van der Waals surface area contributed by atoms with E-state index in [9.17, 15) is 14.0 Å². The Labute approximate surface area is 110 Å². The van der Waals surface area contributed by atoms with Gasteiger partial charge in [-0.3, -0.25) is 4.79 Å². The molecule has 1 aromatic carbocycles. The molecule has 0 radical (unpaired) electrons. The fourth-order valence-electron chi connectivity index (χ4n) is 2.06. The Bertz CT molecular complexity index is 475. The topological polar surface area (TPSA) is 61.4 Å². The molecule has 0 unspecified atom stereocenters. The molecule has 1 aliphatic rings. The molecular formula is C13H16FN3O2. The standard InChI is InChI=1S/C13H16FN3O2/c1-2-15-13(19)16-11-7-8-17(12(11)18)10-5-3-9(14)4-6-10/h3-6,11H,2,7-8H2,1H3,(H2,15,16,19)/t11-/m0/s1. The molecule has 0 aromatic heterocycles. The molecule has 0 bridgehead atoms. The van der Waals surface area contributed by atoms with Crippen LogP contribution in [0.25, 0.3) is 0 Å². The number of nitrogens with zero attached hydrogens (tertiary/aromatic N) is 1. The van der Waals surface area contributed by atoms with Gasteiger partial charge in [0.05, 0.1) is 0 Å². The number of carbonyl (C=O) groups is 2. The second-order valence-electron chi connectivity index (χ2n) is 4.31. The third kappa shape index (κ3) is 3.01. The van der Waals surface area contributed by atoms with Crippen molar-refractivity contribution in [3.63, 3.8) is 0 Å². The van der Waals surface area contributed by atoms with Crippen LogP contribution in [0.2, 0.25) is 0 Å². The van der Waals surface area contributed by atoms with Gasteiger partial charge < -0.3 is 15.5 Å². The summed E-state index contributed by atoms with van der Waals surface area (Å²) in [5, 5.41) is 5.21. The zero-order chi connectivity index (χ0) is 13.8. The first kappa shape index (κ1) is 13.3. The number of carbonyl (C=O) groups excluding carboxylic acids is 2. The zero-order valence-corrected chi connectivity index (χ0v) is 10.6.